The number of esters is 2. The first-order valence-corrected chi connectivity index (χ1v) is 6.05. The predicted octanol–water partition coefficient (Wildman–Crippen LogP) is 1.69. The Morgan fingerprint density at radius 2 is 2.00 bits per heavy atom. The lowest BCUT2D eigenvalue weighted by Crippen LogP contribution is -2.33. The van der Waals surface area contributed by atoms with Crippen molar-refractivity contribution in [2.75, 3.05) is 6.61 Å². The third-order valence-corrected chi connectivity index (χ3v) is 3.58. The van der Waals surface area contributed by atoms with Gasteiger partial charge in [-0.15, -0.1) is 0 Å². The van der Waals surface area contributed by atoms with Crippen LogP contribution in [0.5, 0.6) is 0 Å². The molecule has 2 aliphatic carbocycles. The Bertz CT molecular complexity index is 347. The second-order valence-corrected chi connectivity index (χ2v) is 4.89. The van der Waals surface area contributed by atoms with Gasteiger partial charge in [-0.1, -0.05) is 12.2 Å². The van der Waals surface area contributed by atoms with E-state index in [0.29, 0.717) is 17.8 Å². The van der Waals surface area contributed by atoms with Gasteiger partial charge in [-0.25, -0.2) is 0 Å². The largest absolute Gasteiger partial charge is 0.462 e. The molecule has 4 heteroatoms. The summed E-state index contributed by atoms with van der Waals surface area (Å²) in [5, 5.41) is 0. The van der Waals surface area contributed by atoms with E-state index in [-0.39, 0.29) is 24.6 Å². The zero-order chi connectivity index (χ0) is 12.4. The summed E-state index contributed by atoms with van der Waals surface area (Å²) in [7, 11) is 0. The molecular formula is C13H18O4. The van der Waals surface area contributed by atoms with Crippen LogP contribution in [0.2, 0.25) is 0 Å². The van der Waals surface area contributed by atoms with Crippen LogP contribution in [0.15, 0.2) is 12.2 Å². The number of hydrogen-bond donors (Lipinski definition) is 0. The Morgan fingerprint density at radius 3 is 2.47 bits per heavy atom. The molecule has 4 atom stereocenters. The highest BCUT2D eigenvalue weighted by atomic mass is 16.6. The summed E-state index contributed by atoms with van der Waals surface area (Å²) in [6.45, 7) is 2.94. The van der Waals surface area contributed by atoms with Gasteiger partial charge in [-0.05, 0) is 24.7 Å². The molecule has 4 nitrogen and oxygen atoms in total. The molecule has 2 aliphatic rings. The Hall–Kier alpha value is -1.32. The average Bonchev–Trinajstić information content (AvgIpc) is 2.84. The molecule has 0 aromatic rings. The third kappa shape index (κ3) is 2.87. The first-order valence-electron chi connectivity index (χ1n) is 6.05. The highest BCUT2D eigenvalue weighted by Crippen LogP contribution is 2.45. The van der Waals surface area contributed by atoms with Crippen LogP contribution in [0, 0.1) is 17.8 Å². The van der Waals surface area contributed by atoms with E-state index in [4.69, 9.17) is 9.47 Å². The molecule has 0 amide bonds. The van der Waals surface area contributed by atoms with E-state index in [0.717, 1.165) is 12.8 Å². The van der Waals surface area contributed by atoms with Crippen LogP contribution >= 0.6 is 0 Å². The molecular weight excluding hydrogens is 220 g/mol. The molecule has 3 unspecified atom stereocenters. The third-order valence-electron chi connectivity index (χ3n) is 3.58. The second-order valence-electron chi connectivity index (χ2n) is 4.89. The number of ether oxygens (including phenoxy) is 2. The van der Waals surface area contributed by atoms with Gasteiger partial charge in [0, 0.05) is 19.8 Å². The van der Waals surface area contributed by atoms with Crippen molar-refractivity contribution in [3.05, 3.63) is 12.2 Å². The molecule has 2 bridgehead atoms. The molecule has 0 aromatic heterocycles. The summed E-state index contributed by atoms with van der Waals surface area (Å²) in [5.74, 6) is 0.739. The number of fused-ring (bicyclic) bond motifs is 2. The molecule has 1 fully saturated rings. The van der Waals surface area contributed by atoms with Crippen LogP contribution in [0.1, 0.15) is 26.7 Å². The highest BCUT2D eigenvalue weighted by Gasteiger charge is 2.41. The van der Waals surface area contributed by atoms with Crippen LogP contribution in [0.3, 0.4) is 0 Å². The van der Waals surface area contributed by atoms with Crippen LogP contribution < -0.4 is 0 Å². The van der Waals surface area contributed by atoms with Crippen molar-refractivity contribution < 1.29 is 19.1 Å². The van der Waals surface area contributed by atoms with Crippen molar-refractivity contribution in [2.45, 2.75) is 32.8 Å². The lowest BCUT2D eigenvalue weighted by Gasteiger charge is -2.27. The minimum absolute atomic E-state index is 0.177. The van der Waals surface area contributed by atoms with Gasteiger partial charge in [0.2, 0.25) is 0 Å². The van der Waals surface area contributed by atoms with E-state index in [2.05, 4.69) is 12.2 Å². The van der Waals surface area contributed by atoms with Crippen LogP contribution in [-0.2, 0) is 19.1 Å². The number of carbonyl (C=O) groups excluding carboxylic acids is 2. The van der Waals surface area contributed by atoms with Gasteiger partial charge in [0.05, 0.1) is 0 Å². The molecule has 0 heterocycles. The Morgan fingerprint density at radius 1 is 1.24 bits per heavy atom. The number of allylic oxidation sites excluding steroid dienone is 2. The predicted molar refractivity (Wildman–Crippen MR) is 61.0 cm³/mol. The highest BCUT2D eigenvalue weighted by molar-refractivity contribution is 5.67. The topological polar surface area (TPSA) is 52.6 Å². The van der Waals surface area contributed by atoms with Crippen molar-refractivity contribution in [2.24, 2.45) is 17.8 Å². The van der Waals surface area contributed by atoms with Gasteiger partial charge < -0.3 is 9.47 Å². The number of hydrogen-bond acceptors (Lipinski definition) is 4. The van der Waals surface area contributed by atoms with Gasteiger partial charge >= 0.3 is 11.9 Å². The normalized spacial score (nSPS) is 31.3. The zero-order valence-corrected chi connectivity index (χ0v) is 10.2. The van der Waals surface area contributed by atoms with Crippen molar-refractivity contribution >= 4 is 11.9 Å². The van der Waals surface area contributed by atoms with Gasteiger partial charge in [0.1, 0.15) is 12.7 Å². The van der Waals surface area contributed by atoms with E-state index in [1.165, 1.54) is 13.8 Å². The monoisotopic (exact) mass is 238 g/mol. The maximum atomic E-state index is 11.1. The Balaban J connectivity index is 1.97. The molecule has 0 aliphatic heterocycles. The second kappa shape index (κ2) is 4.90. The standard InChI is InChI=1S/C13H18O4/c1-8(14)16-7-13(17-9(2)15)12-6-10-3-4-11(12)5-10/h3-4,10-13H,5-7H2,1-2H3/t10?,11?,12?,13-/m0/s1. The lowest BCUT2D eigenvalue weighted by atomic mass is 9.88. The molecule has 94 valence electrons. The van der Waals surface area contributed by atoms with Crippen molar-refractivity contribution in [3.8, 4) is 0 Å². The molecule has 0 radical (unpaired) electrons. The SMILES string of the molecule is CC(=O)OC[C@H](OC(C)=O)C1CC2C=CC1C2. The maximum Gasteiger partial charge on any atom is 0.303 e. The zero-order valence-electron chi connectivity index (χ0n) is 10.2. The molecule has 0 saturated heterocycles. The molecule has 2 rings (SSSR count). The summed E-state index contributed by atoms with van der Waals surface area (Å²) < 4.78 is 10.3. The molecule has 1 saturated carbocycles. The van der Waals surface area contributed by atoms with Gasteiger partial charge in [-0.3, -0.25) is 9.59 Å². The first-order chi connectivity index (χ1) is 8.06. The molecule has 0 spiro atoms. The number of rotatable bonds is 4. The van der Waals surface area contributed by atoms with E-state index in [1.807, 2.05) is 0 Å². The minimum atomic E-state index is -0.333. The van der Waals surface area contributed by atoms with Crippen molar-refractivity contribution in [1.29, 1.82) is 0 Å². The fourth-order valence-electron chi connectivity index (χ4n) is 2.91. The lowest BCUT2D eigenvalue weighted by molar-refractivity contribution is -0.160. The van der Waals surface area contributed by atoms with Gasteiger partial charge in [0.15, 0.2) is 0 Å². The quantitative estimate of drug-likeness (QED) is 0.552. The smallest absolute Gasteiger partial charge is 0.303 e. The average molecular weight is 238 g/mol. The van der Waals surface area contributed by atoms with E-state index in [9.17, 15) is 9.59 Å². The fraction of sp³-hybridized carbons (Fsp3) is 0.692. The summed E-state index contributed by atoms with van der Waals surface area (Å²) >= 11 is 0. The molecule has 17 heavy (non-hydrogen) atoms. The summed E-state index contributed by atoms with van der Waals surface area (Å²) in [4.78, 5) is 21.9. The summed E-state index contributed by atoms with van der Waals surface area (Å²) in [6, 6.07) is 0. The van der Waals surface area contributed by atoms with E-state index >= 15 is 0 Å². The van der Waals surface area contributed by atoms with Gasteiger partial charge in [-0.2, -0.15) is 0 Å². The maximum absolute atomic E-state index is 11.1. The summed E-state index contributed by atoms with van der Waals surface area (Å²) in [5.41, 5.74) is 0. The van der Waals surface area contributed by atoms with Crippen LogP contribution in [-0.4, -0.2) is 24.6 Å². The van der Waals surface area contributed by atoms with Crippen molar-refractivity contribution in [1.82, 2.24) is 0 Å². The number of carbonyl (C=O) groups is 2. The molecule has 0 N–H and O–H groups in total. The summed E-state index contributed by atoms with van der Waals surface area (Å²) in [6.07, 6.45) is 6.31. The fourth-order valence-corrected chi connectivity index (χ4v) is 2.91. The van der Waals surface area contributed by atoms with Crippen LogP contribution in [0.4, 0.5) is 0 Å². The van der Waals surface area contributed by atoms with E-state index in [1.54, 1.807) is 0 Å². The Labute approximate surface area is 101 Å². The Kier molecular flexibility index (Phi) is 3.50. The van der Waals surface area contributed by atoms with Crippen molar-refractivity contribution in [3.63, 3.8) is 0 Å². The van der Waals surface area contributed by atoms with Crippen LogP contribution in [0.25, 0.3) is 0 Å². The molecule has 0 aromatic carbocycles. The van der Waals surface area contributed by atoms with E-state index < -0.39 is 0 Å². The van der Waals surface area contributed by atoms with Gasteiger partial charge in [0.25, 0.3) is 0 Å². The minimum Gasteiger partial charge on any atom is -0.462 e. The first kappa shape index (κ1) is 12.1.